The van der Waals surface area contributed by atoms with Gasteiger partial charge in [0.15, 0.2) is 0 Å². The summed E-state index contributed by atoms with van der Waals surface area (Å²) in [5.41, 5.74) is 0. The molecule has 0 aliphatic carbocycles. The summed E-state index contributed by atoms with van der Waals surface area (Å²) in [5, 5.41) is 8.46. The average Bonchev–Trinajstić information content (AvgIpc) is 1.86. The van der Waals surface area contributed by atoms with E-state index in [4.69, 9.17) is 9.84 Å². The number of hydrogen-bond donors (Lipinski definition) is 1. The van der Waals surface area contributed by atoms with Crippen LogP contribution < -0.4 is 0 Å². The van der Waals surface area contributed by atoms with Crippen molar-refractivity contribution in [2.75, 3.05) is 13.2 Å². The molecule has 2 nitrogen and oxygen atoms in total. The Morgan fingerprint density at radius 1 is 1.60 bits per heavy atom. The molecule has 1 saturated heterocycles. The lowest BCUT2D eigenvalue weighted by atomic mass is 10.1. The van der Waals surface area contributed by atoms with Crippen LogP contribution in [-0.2, 0) is 4.74 Å². The van der Waals surface area contributed by atoms with E-state index in [1.165, 1.54) is 0 Å². The Bertz CT molecular complexity index is 116. The van der Waals surface area contributed by atoms with Crippen LogP contribution in [0.3, 0.4) is 0 Å². The third-order valence-corrected chi connectivity index (χ3v) is 1.55. The smallest absolute Gasteiger partial charge is 0.252 e. The molecule has 1 N–H and O–H groups in total. The highest BCUT2D eigenvalue weighted by atomic mass is 19.3. The van der Waals surface area contributed by atoms with Gasteiger partial charge in [-0.3, -0.25) is 0 Å². The molecule has 4 heteroatoms. The molecule has 0 radical (unpaired) electrons. The second-order valence-electron chi connectivity index (χ2n) is 2.49. The average molecular weight is 152 g/mol. The van der Waals surface area contributed by atoms with E-state index in [1.807, 2.05) is 0 Å². The van der Waals surface area contributed by atoms with E-state index in [1.54, 1.807) is 0 Å². The van der Waals surface area contributed by atoms with Crippen LogP contribution in [0, 0.1) is 0 Å². The van der Waals surface area contributed by atoms with Gasteiger partial charge in [0.25, 0.3) is 5.92 Å². The van der Waals surface area contributed by atoms with Gasteiger partial charge in [-0.2, -0.15) is 0 Å². The van der Waals surface area contributed by atoms with E-state index in [-0.39, 0.29) is 26.1 Å². The van der Waals surface area contributed by atoms with Gasteiger partial charge < -0.3 is 9.84 Å². The quantitative estimate of drug-likeness (QED) is 0.602. The van der Waals surface area contributed by atoms with Crippen molar-refractivity contribution in [3.8, 4) is 0 Å². The fourth-order valence-corrected chi connectivity index (χ4v) is 0.986. The molecule has 0 aromatic heterocycles. The molecule has 1 rings (SSSR count). The van der Waals surface area contributed by atoms with Crippen molar-refractivity contribution in [2.24, 2.45) is 0 Å². The first-order valence-electron chi connectivity index (χ1n) is 3.24. The third-order valence-electron chi connectivity index (χ3n) is 1.55. The van der Waals surface area contributed by atoms with Crippen LogP contribution in [-0.4, -0.2) is 30.3 Å². The Morgan fingerprint density at radius 3 is 2.70 bits per heavy atom. The topological polar surface area (TPSA) is 29.5 Å². The van der Waals surface area contributed by atoms with Gasteiger partial charge in [-0.25, -0.2) is 8.78 Å². The molecule has 0 spiro atoms. The number of halogens is 2. The molecule has 1 heterocycles. The number of hydrogen-bond acceptors (Lipinski definition) is 2. The summed E-state index contributed by atoms with van der Waals surface area (Å²) in [4.78, 5) is 0. The van der Waals surface area contributed by atoms with Crippen molar-refractivity contribution >= 4 is 0 Å². The summed E-state index contributed by atoms with van der Waals surface area (Å²) < 4.78 is 29.7. The fourth-order valence-electron chi connectivity index (χ4n) is 0.986. The zero-order valence-corrected chi connectivity index (χ0v) is 5.52. The van der Waals surface area contributed by atoms with E-state index in [0.29, 0.717) is 0 Å². The van der Waals surface area contributed by atoms with Gasteiger partial charge in [-0.15, -0.1) is 0 Å². The minimum atomic E-state index is -2.63. The third kappa shape index (κ3) is 1.88. The van der Waals surface area contributed by atoms with Crippen molar-refractivity contribution in [3.63, 3.8) is 0 Å². The Morgan fingerprint density at radius 2 is 2.30 bits per heavy atom. The summed E-state index contributed by atoms with van der Waals surface area (Å²) in [5.74, 6) is -2.63. The van der Waals surface area contributed by atoms with Crippen LogP contribution in [0.2, 0.25) is 0 Å². The molecule has 1 aliphatic rings. The van der Waals surface area contributed by atoms with Gasteiger partial charge in [0.05, 0.1) is 19.3 Å². The van der Waals surface area contributed by atoms with Crippen LogP contribution in [0.4, 0.5) is 8.78 Å². The van der Waals surface area contributed by atoms with Gasteiger partial charge in [0, 0.05) is 12.8 Å². The molecule has 1 aliphatic heterocycles. The van der Waals surface area contributed by atoms with Crippen molar-refractivity contribution in [1.29, 1.82) is 0 Å². The Labute approximate surface area is 57.8 Å². The van der Waals surface area contributed by atoms with Crippen molar-refractivity contribution in [1.82, 2.24) is 0 Å². The number of ether oxygens (including phenoxy) is 1. The molecule has 1 atom stereocenters. The molecule has 1 unspecified atom stereocenters. The largest absolute Gasteiger partial charge is 0.394 e. The molecule has 0 aromatic carbocycles. The molecule has 0 amide bonds. The molecule has 0 aromatic rings. The number of alkyl halides is 2. The monoisotopic (exact) mass is 152 g/mol. The molecule has 60 valence electrons. The fraction of sp³-hybridized carbons (Fsp3) is 1.00. The first-order chi connectivity index (χ1) is 4.64. The lowest BCUT2D eigenvalue weighted by Gasteiger charge is -2.27. The number of aliphatic hydroxyl groups excluding tert-OH is 1. The summed E-state index contributed by atoms with van der Waals surface area (Å²) in [7, 11) is 0. The normalized spacial score (nSPS) is 32.1. The van der Waals surface area contributed by atoms with Crippen LogP contribution in [0.25, 0.3) is 0 Å². The van der Waals surface area contributed by atoms with Crippen LogP contribution in [0.1, 0.15) is 12.8 Å². The molecule has 0 saturated carbocycles. The molecule has 1 fully saturated rings. The molecule has 0 bridgehead atoms. The summed E-state index contributed by atoms with van der Waals surface area (Å²) in [6.45, 7) is -0.256. The van der Waals surface area contributed by atoms with Gasteiger partial charge in [-0.1, -0.05) is 0 Å². The predicted molar refractivity (Wildman–Crippen MR) is 31.0 cm³/mol. The van der Waals surface area contributed by atoms with Gasteiger partial charge in [-0.05, 0) is 0 Å². The lowest BCUT2D eigenvalue weighted by Crippen LogP contribution is -2.35. The van der Waals surface area contributed by atoms with E-state index < -0.39 is 12.0 Å². The maximum absolute atomic E-state index is 12.5. The van der Waals surface area contributed by atoms with E-state index >= 15 is 0 Å². The van der Waals surface area contributed by atoms with Crippen LogP contribution in [0.15, 0.2) is 0 Å². The Kier molecular flexibility index (Phi) is 2.21. The highest BCUT2D eigenvalue weighted by molar-refractivity contribution is 4.76. The predicted octanol–water partition coefficient (Wildman–Crippen LogP) is 0.793. The second kappa shape index (κ2) is 2.80. The highest BCUT2D eigenvalue weighted by Gasteiger charge is 2.36. The van der Waals surface area contributed by atoms with Crippen LogP contribution in [0.5, 0.6) is 0 Å². The minimum absolute atomic E-state index is 0.0538. The summed E-state index contributed by atoms with van der Waals surface area (Å²) in [6, 6.07) is 0. The summed E-state index contributed by atoms with van der Waals surface area (Å²) >= 11 is 0. The zero-order chi connectivity index (χ0) is 7.61. The standard InChI is InChI=1S/C6H10F2O2/c7-6(8)1-2-10-5(3-6)4-9/h5,9H,1-4H2. The summed E-state index contributed by atoms with van der Waals surface area (Å²) in [6.07, 6.45) is -1.23. The first-order valence-corrected chi connectivity index (χ1v) is 3.24. The van der Waals surface area contributed by atoms with Crippen molar-refractivity contribution < 1.29 is 18.6 Å². The second-order valence-corrected chi connectivity index (χ2v) is 2.49. The molecule has 10 heavy (non-hydrogen) atoms. The highest BCUT2D eigenvalue weighted by Crippen LogP contribution is 2.29. The first kappa shape index (κ1) is 7.88. The molecular formula is C6H10F2O2. The van der Waals surface area contributed by atoms with E-state index in [0.717, 1.165) is 0 Å². The van der Waals surface area contributed by atoms with Gasteiger partial charge >= 0.3 is 0 Å². The number of aliphatic hydroxyl groups is 1. The molecular weight excluding hydrogens is 142 g/mol. The van der Waals surface area contributed by atoms with Crippen molar-refractivity contribution in [3.05, 3.63) is 0 Å². The van der Waals surface area contributed by atoms with Gasteiger partial charge in [0.2, 0.25) is 0 Å². The Hall–Kier alpha value is -0.220. The zero-order valence-electron chi connectivity index (χ0n) is 5.52. The lowest BCUT2D eigenvalue weighted by molar-refractivity contribution is -0.137. The van der Waals surface area contributed by atoms with E-state index in [2.05, 4.69) is 0 Å². The SMILES string of the molecule is OCC1CC(F)(F)CCO1. The Balaban J connectivity index is 2.40. The van der Waals surface area contributed by atoms with Crippen molar-refractivity contribution in [2.45, 2.75) is 24.9 Å². The van der Waals surface area contributed by atoms with Crippen LogP contribution >= 0.6 is 0 Å². The maximum Gasteiger partial charge on any atom is 0.252 e. The maximum atomic E-state index is 12.5. The number of rotatable bonds is 1. The van der Waals surface area contributed by atoms with Gasteiger partial charge in [0.1, 0.15) is 0 Å². The van der Waals surface area contributed by atoms with E-state index in [9.17, 15) is 8.78 Å². The minimum Gasteiger partial charge on any atom is -0.394 e.